The Balaban J connectivity index is 1.57. The Kier molecular flexibility index (Phi) is 17.0. The molecule has 0 bridgehead atoms. The third-order valence-corrected chi connectivity index (χ3v) is 10.2. The van der Waals surface area contributed by atoms with E-state index in [1.54, 1.807) is 0 Å². The minimum absolute atomic E-state index is 0.0568. The third kappa shape index (κ3) is 10.2. The van der Waals surface area contributed by atoms with E-state index in [1.807, 2.05) is 0 Å². The van der Waals surface area contributed by atoms with Gasteiger partial charge in [0.15, 0.2) is 25.0 Å². The molecule has 1 amide bonds. The number of carbonyl (C=O) groups excluding carboxylic acids is 1. The van der Waals surface area contributed by atoms with Gasteiger partial charge in [0, 0.05) is 25.7 Å². The molecule has 3 saturated heterocycles. The lowest BCUT2D eigenvalue weighted by Crippen LogP contribution is -2.69. The fraction of sp³-hybridized carbons (Fsp3) is 0.967. The molecule has 1 saturated carbocycles. The van der Waals surface area contributed by atoms with Crippen LogP contribution in [-0.4, -0.2) is 215 Å². The van der Waals surface area contributed by atoms with E-state index in [0.717, 1.165) is 0 Å². The van der Waals surface area contributed by atoms with Crippen molar-refractivity contribution in [1.82, 2.24) is 10.6 Å². The smallest absolute Gasteiger partial charge is 0.252 e. The highest BCUT2D eigenvalue weighted by Crippen LogP contribution is 2.35. The largest absolute Gasteiger partial charge is 0.394 e. The zero-order chi connectivity index (χ0) is 40.0. The van der Waals surface area contributed by atoms with Gasteiger partial charge in [0.25, 0.3) is 5.91 Å². The molecular formula is C30H59FN8O15. The fourth-order valence-corrected chi connectivity index (χ4v) is 6.86. The molecule has 0 aromatic heterocycles. The standard InChI is InChI=1S/C30H59FN8O15/c31-9(5-33)17(41)27(48)39-11-4-10(35)24(52-29-16(37)22(46)20(44)13(50-29)7-38-3-1-2-32)26(18(11)42)54-30-23(47)25(14(8-40)51-30)53-28-15(36)21(45)19(43)12(6-34)49-28/h9-26,28-30,38,40-47H,1-8,32-37H2,(H,39,48)/t9-,10+,11-,12+,13-,14-,15-,16-,17+,18+,19-,20-,21-,22-,23-,24-,25-,26-,28-,29-,30+/m1/s1. The van der Waals surface area contributed by atoms with E-state index in [9.17, 15) is 50.0 Å². The Bertz CT molecular complexity index is 1160. The predicted molar refractivity (Wildman–Crippen MR) is 180 cm³/mol. The van der Waals surface area contributed by atoms with E-state index in [-0.39, 0.29) is 19.5 Å². The lowest BCUT2D eigenvalue weighted by molar-refractivity contribution is -0.308. The summed E-state index contributed by atoms with van der Waals surface area (Å²) >= 11 is 0. The van der Waals surface area contributed by atoms with Gasteiger partial charge < -0.3 is 114 Å². The van der Waals surface area contributed by atoms with Crippen LogP contribution in [-0.2, 0) is 33.2 Å². The van der Waals surface area contributed by atoms with E-state index < -0.39 is 148 Å². The monoisotopic (exact) mass is 790 g/mol. The quantitative estimate of drug-likeness (QED) is 0.0608. The second-order valence-corrected chi connectivity index (χ2v) is 14.0. The van der Waals surface area contributed by atoms with E-state index >= 15 is 0 Å². The topological polar surface area (TPSA) is 414 Å². The number of hydrogen-bond donors (Lipinski definition) is 16. The van der Waals surface area contributed by atoms with Gasteiger partial charge in [-0.25, -0.2) is 4.39 Å². The van der Waals surface area contributed by atoms with Crippen molar-refractivity contribution in [3.63, 3.8) is 0 Å². The Labute approximate surface area is 310 Å². The predicted octanol–water partition coefficient (Wildman–Crippen LogP) is -10.1. The highest BCUT2D eigenvalue weighted by molar-refractivity contribution is 5.81. The Morgan fingerprint density at radius 3 is 1.89 bits per heavy atom. The molecule has 0 radical (unpaired) electrons. The average molecular weight is 791 g/mol. The molecule has 3 aliphatic heterocycles. The van der Waals surface area contributed by atoms with Gasteiger partial charge in [-0.1, -0.05) is 0 Å². The Morgan fingerprint density at radius 2 is 1.31 bits per heavy atom. The van der Waals surface area contributed by atoms with Gasteiger partial charge in [0.2, 0.25) is 0 Å². The van der Waals surface area contributed by atoms with Crippen molar-refractivity contribution < 1.29 is 78.5 Å². The summed E-state index contributed by atoms with van der Waals surface area (Å²) in [5.74, 6) is -1.22. The Hall–Kier alpha value is -1.44. The zero-order valence-corrected chi connectivity index (χ0v) is 29.6. The van der Waals surface area contributed by atoms with Crippen LogP contribution in [0.15, 0.2) is 0 Å². The number of hydrogen-bond acceptors (Lipinski definition) is 22. The molecule has 21 atom stereocenters. The number of alkyl halides is 1. The fourth-order valence-electron chi connectivity index (χ4n) is 6.86. The van der Waals surface area contributed by atoms with Crippen LogP contribution in [0.5, 0.6) is 0 Å². The normalized spacial score (nSPS) is 45.6. The maximum Gasteiger partial charge on any atom is 0.252 e. The average Bonchev–Trinajstić information content (AvgIpc) is 3.46. The molecule has 0 spiro atoms. The van der Waals surface area contributed by atoms with Gasteiger partial charge in [0.05, 0.1) is 24.7 Å². The van der Waals surface area contributed by atoms with Gasteiger partial charge in [-0.15, -0.1) is 0 Å². The second kappa shape index (κ2) is 20.3. The van der Waals surface area contributed by atoms with E-state index in [4.69, 9.17) is 62.8 Å². The van der Waals surface area contributed by atoms with Crippen molar-refractivity contribution in [3.05, 3.63) is 0 Å². The van der Waals surface area contributed by atoms with Crippen LogP contribution >= 0.6 is 0 Å². The van der Waals surface area contributed by atoms with Crippen LogP contribution in [0, 0.1) is 0 Å². The molecule has 3 heterocycles. The summed E-state index contributed by atoms with van der Waals surface area (Å²) in [4.78, 5) is 12.7. The third-order valence-electron chi connectivity index (χ3n) is 10.2. The summed E-state index contributed by atoms with van der Waals surface area (Å²) in [5.41, 5.74) is 35.1. The van der Waals surface area contributed by atoms with Crippen molar-refractivity contribution in [1.29, 1.82) is 0 Å². The van der Waals surface area contributed by atoms with Crippen molar-refractivity contribution in [3.8, 4) is 0 Å². The molecule has 0 unspecified atom stereocenters. The number of aliphatic hydroxyl groups is 8. The summed E-state index contributed by atoms with van der Waals surface area (Å²) in [7, 11) is 0. The van der Waals surface area contributed by atoms with Crippen molar-refractivity contribution in [2.45, 2.75) is 141 Å². The molecule has 4 rings (SSSR count). The minimum Gasteiger partial charge on any atom is -0.394 e. The van der Waals surface area contributed by atoms with E-state index in [1.165, 1.54) is 0 Å². The zero-order valence-electron chi connectivity index (χ0n) is 29.6. The van der Waals surface area contributed by atoms with Gasteiger partial charge in [-0.05, 0) is 25.9 Å². The number of carbonyl (C=O) groups is 1. The molecule has 4 aliphatic rings. The summed E-state index contributed by atoms with van der Waals surface area (Å²) in [6, 6.07) is -5.17. The molecule has 0 aromatic rings. The first kappa shape index (κ1) is 45.3. The van der Waals surface area contributed by atoms with Gasteiger partial charge >= 0.3 is 0 Å². The summed E-state index contributed by atoms with van der Waals surface area (Å²) in [6.45, 7) is -0.726. The SMILES string of the molecule is NCCCNC[C@H]1O[C@H](O[C@H]2[C@H](O[C@@H]3O[C@H](CO)[C@@H](O[C@H]4O[C@@H](CN)[C@@H](O)[C@H](O)[C@H]4N)[C@H]3O)[C@@H](O)[C@H](NC(=O)[C@@H](O)[C@H](F)CN)C[C@@H]2N)[C@H](N)[C@@H](O)[C@@H]1O. The lowest BCUT2D eigenvalue weighted by atomic mass is 9.83. The first-order valence-corrected chi connectivity index (χ1v) is 17.9. The molecule has 316 valence electrons. The number of nitrogens with two attached hydrogens (primary N) is 6. The lowest BCUT2D eigenvalue weighted by Gasteiger charge is -2.48. The van der Waals surface area contributed by atoms with Gasteiger partial charge in [0.1, 0.15) is 79.4 Å². The van der Waals surface area contributed by atoms with E-state index in [0.29, 0.717) is 19.5 Å². The summed E-state index contributed by atoms with van der Waals surface area (Å²) in [5, 5.41) is 90.7. The van der Waals surface area contributed by atoms with Gasteiger partial charge in [-0.2, -0.15) is 0 Å². The number of amides is 1. The van der Waals surface area contributed by atoms with Crippen LogP contribution in [0.4, 0.5) is 4.39 Å². The van der Waals surface area contributed by atoms with Crippen molar-refractivity contribution in [2.75, 3.05) is 39.3 Å². The Morgan fingerprint density at radius 1 is 0.759 bits per heavy atom. The maximum absolute atomic E-state index is 14.1. The maximum atomic E-state index is 14.1. The molecule has 0 aromatic carbocycles. The number of ether oxygens (including phenoxy) is 6. The van der Waals surface area contributed by atoms with Crippen LogP contribution in [0.3, 0.4) is 0 Å². The van der Waals surface area contributed by atoms with E-state index in [2.05, 4.69) is 10.6 Å². The second-order valence-electron chi connectivity index (χ2n) is 14.0. The number of aliphatic hydroxyl groups excluding tert-OH is 8. The van der Waals surface area contributed by atoms with Crippen LogP contribution in [0.2, 0.25) is 0 Å². The van der Waals surface area contributed by atoms with Crippen molar-refractivity contribution in [2.24, 2.45) is 34.4 Å². The number of rotatable bonds is 17. The summed E-state index contributed by atoms with van der Waals surface area (Å²) in [6.07, 6.45) is -26.1. The molecule has 22 N–H and O–H groups in total. The highest BCUT2D eigenvalue weighted by atomic mass is 19.1. The molecule has 23 nitrogen and oxygen atoms in total. The highest BCUT2D eigenvalue weighted by Gasteiger charge is 2.55. The number of halogens is 1. The number of nitrogens with one attached hydrogen (secondary N) is 2. The molecular weight excluding hydrogens is 731 g/mol. The van der Waals surface area contributed by atoms with Crippen LogP contribution < -0.4 is 45.0 Å². The van der Waals surface area contributed by atoms with Gasteiger partial charge in [-0.3, -0.25) is 4.79 Å². The van der Waals surface area contributed by atoms with Crippen molar-refractivity contribution >= 4 is 5.91 Å². The first-order chi connectivity index (χ1) is 25.6. The molecule has 24 heteroatoms. The minimum atomic E-state index is -2.20. The summed E-state index contributed by atoms with van der Waals surface area (Å²) < 4.78 is 49.4. The molecule has 4 fully saturated rings. The first-order valence-electron chi connectivity index (χ1n) is 17.9. The van der Waals surface area contributed by atoms with Crippen LogP contribution in [0.1, 0.15) is 12.8 Å². The molecule has 1 aliphatic carbocycles. The molecule has 54 heavy (non-hydrogen) atoms. The van der Waals surface area contributed by atoms with Crippen LogP contribution in [0.25, 0.3) is 0 Å².